The number of urea groups is 1. The average molecular weight is 298 g/mol. The van der Waals surface area contributed by atoms with Crippen LogP contribution in [0.15, 0.2) is 48.5 Å². The Bertz CT molecular complexity index is 623. The molecule has 2 rings (SSSR count). The summed E-state index contributed by atoms with van der Waals surface area (Å²) in [6.07, 6.45) is 0.205. The fraction of sp³-hybridized carbons (Fsp3) is 0.278. The maximum atomic E-state index is 11.9. The van der Waals surface area contributed by atoms with E-state index in [4.69, 9.17) is 0 Å². The molecule has 0 aromatic heterocycles. The summed E-state index contributed by atoms with van der Waals surface area (Å²) >= 11 is 0. The molecule has 2 amide bonds. The number of amides is 2. The number of hydrogen-bond acceptors (Lipinski definition) is 2. The van der Waals surface area contributed by atoms with Crippen molar-refractivity contribution < 1.29 is 9.90 Å². The monoisotopic (exact) mass is 298 g/mol. The van der Waals surface area contributed by atoms with E-state index in [-0.39, 0.29) is 12.6 Å². The maximum Gasteiger partial charge on any atom is 0.319 e. The number of aryl methyl sites for hydroxylation is 2. The first kappa shape index (κ1) is 16.0. The van der Waals surface area contributed by atoms with Crippen molar-refractivity contribution in [2.75, 3.05) is 11.9 Å². The molecule has 4 heteroatoms. The predicted octanol–water partition coefficient (Wildman–Crippen LogP) is 3.41. The molecule has 0 fully saturated rings. The van der Waals surface area contributed by atoms with Crippen LogP contribution >= 0.6 is 0 Å². The SMILES string of the molecule is CCc1cccc(NC(=O)NC[C@H](O)c2ccc(C)cc2)c1. The number of aliphatic hydroxyl groups is 1. The summed E-state index contributed by atoms with van der Waals surface area (Å²) in [4.78, 5) is 11.9. The molecule has 2 aromatic rings. The van der Waals surface area contributed by atoms with Gasteiger partial charge in [-0.25, -0.2) is 4.79 Å². The summed E-state index contributed by atoms with van der Waals surface area (Å²) < 4.78 is 0. The molecular formula is C18H22N2O2. The van der Waals surface area contributed by atoms with Gasteiger partial charge in [0, 0.05) is 12.2 Å². The van der Waals surface area contributed by atoms with Crippen LogP contribution in [0, 0.1) is 6.92 Å². The van der Waals surface area contributed by atoms with Crippen molar-refractivity contribution >= 4 is 11.7 Å². The Hall–Kier alpha value is -2.33. The second-order valence-corrected chi connectivity index (χ2v) is 5.32. The lowest BCUT2D eigenvalue weighted by Gasteiger charge is -2.13. The van der Waals surface area contributed by atoms with Crippen LogP contribution in [-0.4, -0.2) is 17.7 Å². The average Bonchev–Trinajstić information content (AvgIpc) is 2.53. The summed E-state index contributed by atoms with van der Waals surface area (Å²) in [7, 11) is 0. The van der Waals surface area contributed by atoms with Crippen molar-refractivity contribution in [3.63, 3.8) is 0 Å². The zero-order valence-electron chi connectivity index (χ0n) is 13.0. The Kier molecular flexibility index (Phi) is 5.55. The molecule has 0 aliphatic carbocycles. The summed E-state index contributed by atoms with van der Waals surface area (Å²) in [6, 6.07) is 15.0. The summed E-state index contributed by atoms with van der Waals surface area (Å²) in [5, 5.41) is 15.5. The fourth-order valence-electron chi connectivity index (χ4n) is 2.14. The van der Waals surface area contributed by atoms with E-state index < -0.39 is 6.10 Å². The van der Waals surface area contributed by atoms with Crippen LogP contribution in [0.2, 0.25) is 0 Å². The number of carbonyl (C=O) groups excluding carboxylic acids is 1. The van der Waals surface area contributed by atoms with Crippen molar-refractivity contribution in [3.8, 4) is 0 Å². The van der Waals surface area contributed by atoms with Gasteiger partial charge in [0.15, 0.2) is 0 Å². The molecule has 0 spiro atoms. The maximum absolute atomic E-state index is 11.9. The number of carbonyl (C=O) groups is 1. The van der Waals surface area contributed by atoms with E-state index in [0.29, 0.717) is 0 Å². The van der Waals surface area contributed by atoms with Crippen LogP contribution in [0.3, 0.4) is 0 Å². The third-order valence-corrected chi connectivity index (χ3v) is 3.51. The molecule has 0 saturated carbocycles. The second kappa shape index (κ2) is 7.61. The van der Waals surface area contributed by atoms with E-state index >= 15 is 0 Å². The standard InChI is InChI=1S/C18H22N2O2/c1-3-14-5-4-6-16(11-14)20-18(22)19-12-17(21)15-9-7-13(2)8-10-15/h4-11,17,21H,3,12H2,1-2H3,(H2,19,20,22)/t17-/m0/s1. The minimum Gasteiger partial charge on any atom is -0.387 e. The van der Waals surface area contributed by atoms with Crippen molar-refractivity contribution in [2.45, 2.75) is 26.4 Å². The molecule has 0 heterocycles. The van der Waals surface area contributed by atoms with Crippen LogP contribution in [0.1, 0.15) is 29.7 Å². The molecule has 0 aliphatic heterocycles. The Balaban J connectivity index is 1.85. The Morgan fingerprint density at radius 3 is 2.59 bits per heavy atom. The molecular weight excluding hydrogens is 276 g/mol. The van der Waals surface area contributed by atoms with Gasteiger partial charge in [-0.2, -0.15) is 0 Å². The molecule has 0 unspecified atom stereocenters. The minimum atomic E-state index is -0.715. The fourth-order valence-corrected chi connectivity index (χ4v) is 2.14. The molecule has 22 heavy (non-hydrogen) atoms. The van der Waals surface area contributed by atoms with Gasteiger partial charge in [-0.15, -0.1) is 0 Å². The lowest BCUT2D eigenvalue weighted by Crippen LogP contribution is -2.32. The quantitative estimate of drug-likeness (QED) is 0.792. The highest BCUT2D eigenvalue weighted by Crippen LogP contribution is 2.13. The van der Waals surface area contributed by atoms with E-state index in [1.165, 1.54) is 0 Å². The first-order valence-corrected chi connectivity index (χ1v) is 7.47. The molecule has 0 saturated heterocycles. The Morgan fingerprint density at radius 2 is 1.91 bits per heavy atom. The Morgan fingerprint density at radius 1 is 1.18 bits per heavy atom. The highest BCUT2D eigenvalue weighted by Gasteiger charge is 2.09. The molecule has 0 radical (unpaired) electrons. The topological polar surface area (TPSA) is 61.4 Å². The van der Waals surface area contributed by atoms with Crippen LogP contribution in [0.5, 0.6) is 0 Å². The summed E-state index contributed by atoms with van der Waals surface area (Å²) in [5.41, 5.74) is 3.84. The lowest BCUT2D eigenvalue weighted by atomic mass is 10.1. The van der Waals surface area contributed by atoms with Gasteiger partial charge in [0.05, 0.1) is 6.10 Å². The third-order valence-electron chi connectivity index (χ3n) is 3.51. The lowest BCUT2D eigenvalue weighted by molar-refractivity contribution is 0.175. The summed E-state index contributed by atoms with van der Waals surface area (Å²) in [6.45, 7) is 4.23. The highest BCUT2D eigenvalue weighted by atomic mass is 16.3. The van der Waals surface area contributed by atoms with E-state index in [2.05, 4.69) is 17.6 Å². The van der Waals surface area contributed by atoms with E-state index in [9.17, 15) is 9.90 Å². The number of aliphatic hydroxyl groups excluding tert-OH is 1. The van der Waals surface area contributed by atoms with E-state index in [0.717, 1.165) is 28.8 Å². The minimum absolute atomic E-state index is 0.169. The van der Waals surface area contributed by atoms with Gasteiger partial charge in [-0.05, 0) is 36.6 Å². The van der Waals surface area contributed by atoms with Crippen LogP contribution in [-0.2, 0) is 6.42 Å². The molecule has 2 aromatic carbocycles. The molecule has 4 nitrogen and oxygen atoms in total. The van der Waals surface area contributed by atoms with Crippen molar-refractivity contribution in [3.05, 3.63) is 65.2 Å². The Labute approximate surface area is 131 Å². The molecule has 0 bridgehead atoms. The van der Waals surface area contributed by atoms with Gasteiger partial charge in [0.2, 0.25) is 0 Å². The number of hydrogen-bond donors (Lipinski definition) is 3. The smallest absolute Gasteiger partial charge is 0.319 e. The largest absolute Gasteiger partial charge is 0.387 e. The van der Waals surface area contributed by atoms with E-state index in [1.54, 1.807) is 0 Å². The first-order valence-electron chi connectivity index (χ1n) is 7.47. The number of nitrogens with one attached hydrogen (secondary N) is 2. The van der Waals surface area contributed by atoms with Gasteiger partial charge in [0.1, 0.15) is 0 Å². The number of benzene rings is 2. The van der Waals surface area contributed by atoms with Gasteiger partial charge in [-0.3, -0.25) is 0 Å². The highest BCUT2D eigenvalue weighted by molar-refractivity contribution is 5.89. The van der Waals surface area contributed by atoms with Crippen LogP contribution in [0.25, 0.3) is 0 Å². The third kappa shape index (κ3) is 4.60. The van der Waals surface area contributed by atoms with Crippen molar-refractivity contribution in [1.82, 2.24) is 5.32 Å². The van der Waals surface area contributed by atoms with Gasteiger partial charge < -0.3 is 15.7 Å². The van der Waals surface area contributed by atoms with Crippen molar-refractivity contribution in [1.29, 1.82) is 0 Å². The van der Waals surface area contributed by atoms with Crippen molar-refractivity contribution in [2.24, 2.45) is 0 Å². The van der Waals surface area contributed by atoms with Gasteiger partial charge in [0.25, 0.3) is 0 Å². The number of anilines is 1. The summed E-state index contributed by atoms with van der Waals surface area (Å²) in [5.74, 6) is 0. The molecule has 1 atom stereocenters. The zero-order valence-corrected chi connectivity index (χ0v) is 13.0. The van der Waals surface area contributed by atoms with Crippen LogP contribution < -0.4 is 10.6 Å². The van der Waals surface area contributed by atoms with Gasteiger partial charge in [-0.1, -0.05) is 48.9 Å². The van der Waals surface area contributed by atoms with Crippen LogP contribution in [0.4, 0.5) is 10.5 Å². The zero-order chi connectivity index (χ0) is 15.9. The molecule has 116 valence electrons. The second-order valence-electron chi connectivity index (χ2n) is 5.32. The molecule has 0 aliphatic rings. The predicted molar refractivity (Wildman–Crippen MR) is 89.0 cm³/mol. The van der Waals surface area contributed by atoms with Gasteiger partial charge >= 0.3 is 6.03 Å². The van der Waals surface area contributed by atoms with E-state index in [1.807, 2.05) is 55.5 Å². The normalized spacial score (nSPS) is 11.8. The number of rotatable bonds is 5. The first-order chi connectivity index (χ1) is 10.6. The molecule has 3 N–H and O–H groups in total.